The second-order valence-corrected chi connectivity index (χ2v) is 4.60. The molecular weight excluding hydrogens is 224 g/mol. The van der Waals surface area contributed by atoms with E-state index in [0.29, 0.717) is 6.04 Å². The van der Waals surface area contributed by atoms with Crippen molar-refractivity contribution in [3.8, 4) is 11.4 Å². The van der Waals surface area contributed by atoms with Crippen LogP contribution < -0.4 is 5.32 Å². The van der Waals surface area contributed by atoms with Crippen molar-refractivity contribution in [1.29, 1.82) is 0 Å². The van der Waals surface area contributed by atoms with Crippen LogP contribution in [-0.2, 0) is 6.54 Å². The summed E-state index contributed by atoms with van der Waals surface area (Å²) in [5.74, 6) is 0.762. The maximum absolute atomic E-state index is 4.57. The Bertz CT molecular complexity index is 523. The van der Waals surface area contributed by atoms with Crippen LogP contribution in [0.5, 0.6) is 0 Å². The average Bonchev–Trinajstić information content (AvgIpc) is 2.37. The number of aromatic nitrogens is 3. The van der Waals surface area contributed by atoms with Crippen molar-refractivity contribution >= 4 is 0 Å². The summed E-state index contributed by atoms with van der Waals surface area (Å²) >= 11 is 0. The Morgan fingerprint density at radius 3 is 2.78 bits per heavy atom. The normalized spacial score (nSPS) is 10.9. The highest BCUT2D eigenvalue weighted by Gasteiger charge is 2.05. The summed E-state index contributed by atoms with van der Waals surface area (Å²) in [4.78, 5) is 13.0. The molecule has 0 atom stereocenters. The fourth-order valence-electron chi connectivity index (χ4n) is 1.66. The molecule has 0 fully saturated rings. The third kappa shape index (κ3) is 3.11. The number of pyridine rings is 1. The van der Waals surface area contributed by atoms with E-state index in [2.05, 4.69) is 34.1 Å². The predicted molar refractivity (Wildman–Crippen MR) is 72.0 cm³/mol. The van der Waals surface area contributed by atoms with Gasteiger partial charge in [0.25, 0.3) is 0 Å². The van der Waals surface area contributed by atoms with Crippen molar-refractivity contribution < 1.29 is 0 Å². The number of rotatable bonds is 4. The van der Waals surface area contributed by atoms with Gasteiger partial charge in [0.2, 0.25) is 0 Å². The lowest BCUT2D eigenvalue weighted by Gasteiger charge is -2.09. The molecule has 2 rings (SSSR count). The molecule has 4 nitrogen and oxygen atoms in total. The minimum Gasteiger partial charge on any atom is -0.309 e. The van der Waals surface area contributed by atoms with Crippen molar-refractivity contribution in [2.24, 2.45) is 0 Å². The van der Waals surface area contributed by atoms with Crippen LogP contribution in [0.15, 0.2) is 30.7 Å². The minimum atomic E-state index is 0.450. The smallest absolute Gasteiger partial charge is 0.159 e. The van der Waals surface area contributed by atoms with Crippen molar-refractivity contribution in [2.75, 3.05) is 0 Å². The minimum absolute atomic E-state index is 0.450. The molecule has 0 aliphatic rings. The fourth-order valence-corrected chi connectivity index (χ4v) is 1.66. The molecule has 0 unspecified atom stereocenters. The average molecular weight is 242 g/mol. The Kier molecular flexibility index (Phi) is 3.99. The zero-order valence-corrected chi connectivity index (χ0v) is 11.0. The summed E-state index contributed by atoms with van der Waals surface area (Å²) < 4.78 is 0. The monoisotopic (exact) mass is 242 g/mol. The first-order chi connectivity index (χ1) is 8.66. The van der Waals surface area contributed by atoms with Gasteiger partial charge in [-0.3, -0.25) is 4.98 Å². The highest BCUT2D eigenvalue weighted by Crippen LogP contribution is 2.17. The van der Waals surface area contributed by atoms with E-state index in [1.54, 1.807) is 12.4 Å². The lowest BCUT2D eigenvalue weighted by atomic mass is 10.1. The van der Waals surface area contributed by atoms with Crippen LogP contribution in [0.25, 0.3) is 11.4 Å². The van der Waals surface area contributed by atoms with Crippen LogP contribution in [0.4, 0.5) is 0 Å². The third-order valence-electron chi connectivity index (χ3n) is 2.67. The van der Waals surface area contributed by atoms with Crippen molar-refractivity contribution in [1.82, 2.24) is 20.3 Å². The van der Waals surface area contributed by atoms with E-state index in [9.17, 15) is 0 Å². The molecule has 0 radical (unpaired) electrons. The van der Waals surface area contributed by atoms with Crippen LogP contribution in [0.3, 0.4) is 0 Å². The predicted octanol–water partition coefficient (Wildman–Crippen LogP) is 2.35. The molecule has 0 amide bonds. The van der Waals surface area contributed by atoms with E-state index in [1.807, 2.05) is 25.3 Å². The molecule has 2 aromatic heterocycles. The molecule has 94 valence electrons. The first kappa shape index (κ1) is 12.6. The van der Waals surface area contributed by atoms with Crippen LogP contribution in [0.2, 0.25) is 0 Å². The van der Waals surface area contributed by atoms with Gasteiger partial charge in [0, 0.05) is 36.7 Å². The molecule has 0 aliphatic heterocycles. The van der Waals surface area contributed by atoms with Gasteiger partial charge in [-0.15, -0.1) is 0 Å². The number of aryl methyl sites for hydroxylation is 1. The van der Waals surface area contributed by atoms with Gasteiger partial charge in [-0.25, -0.2) is 9.97 Å². The van der Waals surface area contributed by atoms with Crippen LogP contribution in [0, 0.1) is 6.92 Å². The van der Waals surface area contributed by atoms with Gasteiger partial charge in [0.1, 0.15) is 0 Å². The first-order valence-electron chi connectivity index (χ1n) is 6.13. The number of hydrogen-bond acceptors (Lipinski definition) is 4. The van der Waals surface area contributed by atoms with E-state index in [1.165, 1.54) is 0 Å². The second kappa shape index (κ2) is 5.69. The zero-order chi connectivity index (χ0) is 13.0. The maximum Gasteiger partial charge on any atom is 0.159 e. The van der Waals surface area contributed by atoms with E-state index in [4.69, 9.17) is 0 Å². The van der Waals surface area contributed by atoms with E-state index >= 15 is 0 Å². The zero-order valence-electron chi connectivity index (χ0n) is 11.0. The van der Waals surface area contributed by atoms with Crippen molar-refractivity contribution in [3.63, 3.8) is 0 Å². The highest BCUT2D eigenvalue weighted by molar-refractivity contribution is 5.58. The van der Waals surface area contributed by atoms with Gasteiger partial charge < -0.3 is 5.32 Å². The van der Waals surface area contributed by atoms with Gasteiger partial charge in [-0.1, -0.05) is 13.8 Å². The molecule has 0 saturated carbocycles. The number of nitrogens with zero attached hydrogens (tertiary/aromatic N) is 3. The number of hydrogen-bond donors (Lipinski definition) is 1. The summed E-state index contributed by atoms with van der Waals surface area (Å²) in [6.45, 7) is 7.02. The molecule has 0 aliphatic carbocycles. The molecule has 2 aromatic rings. The van der Waals surface area contributed by atoms with Gasteiger partial charge >= 0.3 is 0 Å². The number of nitrogens with one attached hydrogen (secondary N) is 1. The maximum atomic E-state index is 4.57. The van der Waals surface area contributed by atoms with Crippen molar-refractivity contribution in [3.05, 3.63) is 42.0 Å². The van der Waals surface area contributed by atoms with Crippen LogP contribution in [0.1, 0.15) is 25.1 Å². The summed E-state index contributed by atoms with van der Waals surface area (Å²) in [6, 6.07) is 4.34. The summed E-state index contributed by atoms with van der Waals surface area (Å²) in [5, 5.41) is 3.35. The second-order valence-electron chi connectivity index (χ2n) is 4.60. The molecule has 18 heavy (non-hydrogen) atoms. The quantitative estimate of drug-likeness (QED) is 0.894. The standard InChI is InChI=1S/C14H18N4/c1-10(2)17-9-12-4-7-16-14(18-12)13-5-6-15-8-11(13)3/h4-8,10,17H,9H2,1-3H3. The summed E-state index contributed by atoms with van der Waals surface area (Å²) in [6.07, 6.45) is 5.40. The molecule has 0 bridgehead atoms. The molecule has 2 heterocycles. The Morgan fingerprint density at radius 2 is 2.06 bits per heavy atom. The topological polar surface area (TPSA) is 50.7 Å². The fraction of sp³-hybridized carbons (Fsp3) is 0.357. The van der Waals surface area contributed by atoms with Gasteiger partial charge in [0.15, 0.2) is 5.82 Å². The molecule has 0 aromatic carbocycles. The molecule has 0 saturated heterocycles. The van der Waals surface area contributed by atoms with Gasteiger partial charge in [0.05, 0.1) is 5.69 Å². The Balaban J connectivity index is 2.25. The Labute approximate surface area is 108 Å². The summed E-state index contributed by atoms with van der Waals surface area (Å²) in [7, 11) is 0. The highest BCUT2D eigenvalue weighted by atomic mass is 14.9. The van der Waals surface area contributed by atoms with Crippen molar-refractivity contribution in [2.45, 2.75) is 33.4 Å². The largest absolute Gasteiger partial charge is 0.309 e. The third-order valence-corrected chi connectivity index (χ3v) is 2.67. The molecule has 1 N–H and O–H groups in total. The van der Waals surface area contributed by atoms with E-state index in [0.717, 1.165) is 29.2 Å². The van der Waals surface area contributed by atoms with Gasteiger partial charge in [-0.2, -0.15) is 0 Å². The lowest BCUT2D eigenvalue weighted by molar-refractivity contribution is 0.581. The molecule has 0 spiro atoms. The van der Waals surface area contributed by atoms with Crippen LogP contribution >= 0.6 is 0 Å². The van der Waals surface area contributed by atoms with Crippen LogP contribution in [-0.4, -0.2) is 21.0 Å². The molecular formula is C14H18N4. The van der Waals surface area contributed by atoms with Gasteiger partial charge in [-0.05, 0) is 24.6 Å². The summed E-state index contributed by atoms with van der Waals surface area (Å²) in [5.41, 5.74) is 3.13. The Morgan fingerprint density at radius 1 is 1.22 bits per heavy atom. The van der Waals surface area contributed by atoms with E-state index in [-0.39, 0.29) is 0 Å². The van der Waals surface area contributed by atoms with E-state index < -0.39 is 0 Å². The first-order valence-corrected chi connectivity index (χ1v) is 6.13. The lowest BCUT2D eigenvalue weighted by Crippen LogP contribution is -2.22. The SMILES string of the molecule is Cc1cnccc1-c1nccc(CNC(C)C)n1. The molecule has 4 heteroatoms. The Hall–Kier alpha value is -1.81.